The summed E-state index contributed by atoms with van der Waals surface area (Å²) in [5.74, 6) is -0.546. The molecular weight excluding hydrogens is 243 g/mol. The van der Waals surface area contributed by atoms with Crippen molar-refractivity contribution in [2.75, 3.05) is 11.4 Å². The van der Waals surface area contributed by atoms with Gasteiger partial charge in [0.15, 0.2) is 0 Å². The van der Waals surface area contributed by atoms with Crippen molar-refractivity contribution in [3.05, 3.63) is 35.8 Å². The van der Waals surface area contributed by atoms with E-state index in [1.807, 2.05) is 26.0 Å². The maximum Gasteiger partial charge on any atom is 0.223 e. The van der Waals surface area contributed by atoms with Crippen LogP contribution in [0.25, 0.3) is 10.9 Å². The molecule has 0 aliphatic rings. The van der Waals surface area contributed by atoms with Crippen LogP contribution in [0.5, 0.6) is 0 Å². The number of halogens is 1. The number of aryl methyl sites for hydroxylation is 1. The van der Waals surface area contributed by atoms with Crippen LogP contribution in [-0.2, 0) is 4.79 Å². The van der Waals surface area contributed by atoms with E-state index in [4.69, 9.17) is 0 Å². The Morgan fingerprint density at radius 2 is 2.05 bits per heavy atom. The van der Waals surface area contributed by atoms with E-state index >= 15 is 0 Å². The van der Waals surface area contributed by atoms with Crippen LogP contribution in [0, 0.1) is 12.7 Å². The summed E-state index contributed by atoms with van der Waals surface area (Å²) in [6, 6.07) is 6.67. The number of nitrogens with zero attached hydrogens (tertiary/aromatic N) is 2. The number of fused-ring (bicyclic) bond motifs is 1. The summed E-state index contributed by atoms with van der Waals surface area (Å²) in [7, 11) is 0. The molecule has 0 bridgehead atoms. The number of carbonyl (C=O) groups excluding carboxylic acids is 1. The lowest BCUT2D eigenvalue weighted by atomic mass is 10.1. The predicted octanol–water partition coefficient (Wildman–Crippen LogP) is 3.45. The van der Waals surface area contributed by atoms with Gasteiger partial charge in [-0.05, 0) is 37.6 Å². The highest BCUT2D eigenvalue weighted by atomic mass is 19.1. The third kappa shape index (κ3) is 2.57. The molecule has 2 rings (SSSR count). The Bertz CT molecular complexity index is 625. The highest BCUT2D eigenvalue weighted by molar-refractivity contribution is 6.02. The number of rotatable bonds is 3. The molecule has 1 aromatic carbocycles. The van der Waals surface area contributed by atoms with Crippen LogP contribution < -0.4 is 4.90 Å². The molecule has 0 N–H and O–H groups in total. The second-order valence-electron chi connectivity index (χ2n) is 4.59. The predicted molar refractivity (Wildman–Crippen MR) is 74.8 cm³/mol. The highest BCUT2D eigenvalue weighted by Crippen LogP contribution is 2.29. The summed E-state index contributed by atoms with van der Waals surface area (Å²) in [4.78, 5) is 17.6. The first-order chi connectivity index (χ1) is 9.04. The Morgan fingerprint density at radius 1 is 1.32 bits per heavy atom. The Hall–Kier alpha value is -1.97. The smallest absolute Gasteiger partial charge is 0.223 e. The topological polar surface area (TPSA) is 33.2 Å². The lowest BCUT2D eigenvalue weighted by Gasteiger charge is -2.22. The Morgan fingerprint density at radius 3 is 2.68 bits per heavy atom. The van der Waals surface area contributed by atoms with Gasteiger partial charge < -0.3 is 4.90 Å². The zero-order valence-electron chi connectivity index (χ0n) is 11.4. The van der Waals surface area contributed by atoms with Crippen LogP contribution in [0.2, 0.25) is 0 Å². The van der Waals surface area contributed by atoms with Gasteiger partial charge in [0.05, 0.1) is 11.2 Å². The zero-order valence-corrected chi connectivity index (χ0v) is 11.4. The Labute approximate surface area is 112 Å². The third-order valence-corrected chi connectivity index (χ3v) is 3.03. The van der Waals surface area contributed by atoms with E-state index in [1.165, 1.54) is 17.9 Å². The molecule has 1 heterocycles. The summed E-state index contributed by atoms with van der Waals surface area (Å²) in [5.41, 5.74) is 1.91. The third-order valence-electron chi connectivity index (χ3n) is 3.03. The fraction of sp³-hybridized carbons (Fsp3) is 0.333. The average molecular weight is 260 g/mol. The first-order valence-corrected chi connectivity index (χ1v) is 6.38. The molecular formula is C15H17FN2O. The molecule has 4 heteroatoms. The fourth-order valence-electron chi connectivity index (χ4n) is 2.19. The van der Waals surface area contributed by atoms with E-state index in [0.29, 0.717) is 23.1 Å². The molecule has 1 aromatic heterocycles. The van der Waals surface area contributed by atoms with Gasteiger partial charge in [-0.2, -0.15) is 0 Å². The zero-order chi connectivity index (χ0) is 14.0. The minimum atomic E-state index is -0.387. The van der Waals surface area contributed by atoms with Crippen LogP contribution in [0.1, 0.15) is 26.0 Å². The lowest BCUT2D eigenvalue weighted by Crippen LogP contribution is -2.30. The quantitative estimate of drug-likeness (QED) is 0.847. The Kier molecular flexibility index (Phi) is 3.79. The average Bonchev–Trinajstić information content (AvgIpc) is 2.36. The van der Waals surface area contributed by atoms with Crippen molar-refractivity contribution in [1.82, 2.24) is 4.98 Å². The number of hydrogen-bond acceptors (Lipinski definition) is 2. The fourth-order valence-corrected chi connectivity index (χ4v) is 2.19. The molecule has 0 saturated carbocycles. The monoisotopic (exact) mass is 260 g/mol. The van der Waals surface area contributed by atoms with Crippen LogP contribution in [0.3, 0.4) is 0 Å². The van der Waals surface area contributed by atoms with Gasteiger partial charge in [-0.25, -0.2) is 4.39 Å². The molecule has 19 heavy (non-hydrogen) atoms. The van der Waals surface area contributed by atoms with Crippen LogP contribution in [0.15, 0.2) is 24.3 Å². The maximum atomic E-state index is 14.1. The second-order valence-corrected chi connectivity index (χ2v) is 4.59. The first kappa shape index (κ1) is 13.5. The number of benzene rings is 1. The van der Waals surface area contributed by atoms with Gasteiger partial charge in [-0.15, -0.1) is 0 Å². The largest absolute Gasteiger partial charge is 0.309 e. The lowest BCUT2D eigenvalue weighted by molar-refractivity contribution is -0.116. The van der Waals surface area contributed by atoms with E-state index in [-0.39, 0.29) is 11.7 Å². The van der Waals surface area contributed by atoms with Crippen molar-refractivity contribution in [3.8, 4) is 0 Å². The summed E-state index contributed by atoms with van der Waals surface area (Å²) in [6.07, 6.45) is 0.773. The van der Waals surface area contributed by atoms with Crippen molar-refractivity contribution in [2.45, 2.75) is 27.2 Å². The van der Waals surface area contributed by atoms with Gasteiger partial charge in [0, 0.05) is 24.5 Å². The molecule has 2 aromatic rings. The van der Waals surface area contributed by atoms with Gasteiger partial charge in [0.25, 0.3) is 0 Å². The van der Waals surface area contributed by atoms with Crippen molar-refractivity contribution in [2.24, 2.45) is 0 Å². The molecule has 0 saturated heterocycles. The molecule has 0 unspecified atom stereocenters. The van der Waals surface area contributed by atoms with E-state index in [2.05, 4.69) is 4.98 Å². The summed E-state index contributed by atoms with van der Waals surface area (Å²) >= 11 is 0. The molecule has 0 aliphatic heterocycles. The van der Waals surface area contributed by atoms with Crippen LogP contribution >= 0.6 is 0 Å². The normalized spacial score (nSPS) is 10.7. The van der Waals surface area contributed by atoms with Crippen molar-refractivity contribution in [3.63, 3.8) is 0 Å². The van der Waals surface area contributed by atoms with E-state index in [1.54, 1.807) is 6.07 Å². The summed E-state index contributed by atoms with van der Waals surface area (Å²) in [6.45, 7) is 5.80. The SMILES string of the molecule is CCCN(C(C)=O)c1c(F)ccc2nc(C)ccc12. The van der Waals surface area contributed by atoms with E-state index in [9.17, 15) is 9.18 Å². The maximum absolute atomic E-state index is 14.1. The van der Waals surface area contributed by atoms with Crippen LogP contribution in [-0.4, -0.2) is 17.4 Å². The number of aromatic nitrogens is 1. The molecule has 0 radical (unpaired) electrons. The van der Waals surface area contributed by atoms with E-state index in [0.717, 1.165) is 12.1 Å². The van der Waals surface area contributed by atoms with E-state index < -0.39 is 0 Å². The highest BCUT2D eigenvalue weighted by Gasteiger charge is 2.18. The minimum absolute atomic E-state index is 0.158. The molecule has 3 nitrogen and oxygen atoms in total. The van der Waals surface area contributed by atoms with Gasteiger partial charge in [0.1, 0.15) is 5.82 Å². The summed E-state index contributed by atoms with van der Waals surface area (Å²) < 4.78 is 14.1. The molecule has 0 atom stereocenters. The minimum Gasteiger partial charge on any atom is -0.309 e. The summed E-state index contributed by atoms with van der Waals surface area (Å²) in [5, 5.41) is 0.675. The van der Waals surface area contributed by atoms with Crippen molar-refractivity contribution < 1.29 is 9.18 Å². The van der Waals surface area contributed by atoms with Gasteiger partial charge >= 0.3 is 0 Å². The standard InChI is InChI=1S/C15H17FN2O/c1-4-9-18(11(3)19)15-12-6-5-10(2)17-14(12)8-7-13(15)16/h5-8H,4,9H2,1-3H3. The number of anilines is 1. The van der Waals surface area contributed by atoms with Gasteiger partial charge in [-0.1, -0.05) is 6.92 Å². The molecule has 0 spiro atoms. The number of hydrogen-bond donors (Lipinski definition) is 0. The molecule has 100 valence electrons. The van der Waals surface area contributed by atoms with Crippen molar-refractivity contribution in [1.29, 1.82) is 0 Å². The number of carbonyl (C=O) groups is 1. The molecule has 0 aliphatic carbocycles. The Balaban J connectivity index is 2.69. The van der Waals surface area contributed by atoms with Crippen LogP contribution in [0.4, 0.5) is 10.1 Å². The number of pyridine rings is 1. The first-order valence-electron chi connectivity index (χ1n) is 6.38. The van der Waals surface area contributed by atoms with Gasteiger partial charge in [0.2, 0.25) is 5.91 Å². The molecule has 1 amide bonds. The van der Waals surface area contributed by atoms with Gasteiger partial charge in [-0.3, -0.25) is 9.78 Å². The second kappa shape index (κ2) is 5.34. The number of amides is 1. The molecule has 0 fully saturated rings. The van der Waals surface area contributed by atoms with Crippen molar-refractivity contribution >= 4 is 22.5 Å².